The second-order valence-electron chi connectivity index (χ2n) is 7.47. The van der Waals surface area contributed by atoms with Gasteiger partial charge in [-0.25, -0.2) is 26.2 Å². The van der Waals surface area contributed by atoms with Gasteiger partial charge < -0.3 is 15.6 Å². The number of rotatable bonds is 10. The van der Waals surface area contributed by atoms with Crippen LogP contribution < -0.4 is 5.32 Å². The average Bonchev–Trinajstić information content (AvgIpc) is 3.21. The highest BCUT2D eigenvalue weighted by molar-refractivity contribution is 7.99. The lowest BCUT2D eigenvalue weighted by Gasteiger charge is -2.43. The van der Waals surface area contributed by atoms with Crippen LogP contribution >= 0.6 is 11.8 Å². The zero-order valence-electron chi connectivity index (χ0n) is 17.6. The number of benzene rings is 1. The van der Waals surface area contributed by atoms with E-state index in [-0.39, 0.29) is 53.8 Å². The fraction of sp³-hybridized carbons (Fsp3) is 0.444. The third kappa shape index (κ3) is 5.86. The lowest BCUT2D eigenvalue weighted by Crippen LogP contribution is -2.69. The number of alkyl halides is 2. The van der Waals surface area contributed by atoms with Crippen LogP contribution in [0.4, 0.5) is 13.2 Å². The molecule has 16 heteroatoms. The predicted octanol–water partition coefficient (Wildman–Crippen LogP) is 0.782. The Hall–Kier alpha value is -2.69. The quantitative estimate of drug-likeness (QED) is 0.135. The molecule has 0 bridgehead atoms. The van der Waals surface area contributed by atoms with Crippen LogP contribution in [-0.2, 0) is 21.2 Å². The van der Waals surface area contributed by atoms with E-state index in [0.29, 0.717) is 0 Å². The van der Waals surface area contributed by atoms with Gasteiger partial charge in [-0.15, -0.1) is 0 Å². The summed E-state index contributed by atoms with van der Waals surface area (Å²) in [5, 5.41) is 32.7. The lowest BCUT2D eigenvalue weighted by molar-refractivity contribution is -0.151. The number of carbonyl (C=O) groups is 1. The molecule has 0 saturated carbocycles. The van der Waals surface area contributed by atoms with Gasteiger partial charge in [-0.2, -0.15) is 4.31 Å². The molecule has 0 aliphatic carbocycles. The highest BCUT2D eigenvalue weighted by Crippen LogP contribution is 2.26. The Kier molecular flexibility index (Phi) is 7.84. The molecule has 186 valence electrons. The Morgan fingerprint density at radius 2 is 2.09 bits per heavy atom. The Morgan fingerprint density at radius 3 is 2.71 bits per heavy atom. The Labute approximate surface area is 196 Å². The molecule has 0 radical (unpaired) electrons. The van der Waals surface area contributed by atoms with Crippen LogP contribution in [0.5, 0.6) is 0 Å². The topological polar surface area (TPSA) is 158 Å². The first-order valence-corrected chi connectivity index (χ1v) is 12.5. The maximum absolute atomic E-state index is 13.5. The third-order valence-electron chi connectivity index (χ3n) is 4.91. The molecule has 11 nitrogen and oxygen atoms in total. The molecule has 1 aliphatic rings. The number of hydrogen-bond donors (Lipinski definition) is 3. The largest absolute Gasteiger partial charge is 0.411 e. The van der Waals surface area contributed by atoms with Gasteiger partial charge in [0.15, 0.2) is 16.3 Å². The van der Waals surface area contributed by atoms with Crippen molar-refractivity contribution in [2.45, 2.75) is 23.5 Å². The first-order valence-electron chi connectivity index (χ1n) is 9.63. The molecule has 1 aliphatic heterocycles. The molecule has 0 atom stereocenters. The maximum Gasteiger partial charge on any atom is 0.266 e. The molecule has 1 fully saturated rings. The van der Waals surface area contributed by atoms with Crippen LogP contribution in [0.25, 0.3) is 0 Å². The molecule has 2 heterocycles. The summed E-state index contributed by atoms with van der Waals surface area (Å²) in [5.41, 5.74) is -2.39. The summed E-state index contributed by atoms with van der Waals surface area (Å²) in [4.78, 5) is 12.1. The molecule has 0 spiro atoms. The summed E-state index contributed by atoms with van der Waals surface area (Å²) in [6, 6.07) is 3.10. The molecule has 34 heavy (non-hydrogen) atoms. The summed E-state index contributed by atoms with van der Waals surface area (Å²) >= 11 is 1.06. The van der Waals surface area contributed by atoms with E-state index >= 15 is 0 Å². The van der Waals surface area contributed by atoms with Crippen molar-refractivity contribution in [2.24, 2.45) is 5.16 Å². The Morgan fingerprint density at radius 1 is 1.38 bits per heavy atom. The van der Waals surface area contributed by atoms with Crippen LogP contribution in [0.1, 0.15) is 23.2 Å². The molecular weight excluding hydrogens is 503 g/mol. The monoisotopic (exact) mass is 523 g/mol. The van der Waals surface area contributed by atoms with Gasteiger partial charge in [0.2, 0.25) is 10.0 Å². The number of nitrogens with one attached hydrogen (secondary N) is 1. The molecule has 2 aromatic rings. The number of carbonyl (C=O) groups excluding carboxylic acids is 1. The van der Waals surface area contributed by atoms with E-state index in [1.807, 2.05) is 0 Å². The average molecular weight is 524 g/mol. The third-order valence-corrected chi connectivity index (χ3v) is 7.06. The van der Waals surface area contributed by atoms with Crippen molar-refractivity contribution < 1.29 is 41.3 Å². The minimum absolute atomic E-state index is 0.0307. The Bertz CT molecular complexity index is 1180. The van der Waals surface area contributed by atoms with E-state index in [1.165, 1.54) is 6.07 Å². The van der Waals surface area contributed by atoms with Crippen LogP contribution in [-0.4, -0.2) is 82.2 Å². The van der Waals surface area contributed by atoms with Crippen LogP contribution in [0, 0.1) is 5.82 Å². The number of hydrogen-bond acceptors (Lipinski definition) is 10. The number of oxime groups is 1. The normalized spacial score (nSPS) is 16.5. The number of halogens is 3. The fourth-order valence-electron chi connectivity index (χ4n) is 3.07. The zero-order valence-corrected chi connectivity index (χ0v) is 19.2. The molecular formula is C18H20F3N5O6S2. The minimum Gasteiger partial charge on any atom is -0.411 e. The summed E-state index contributed by atoms with van der Waals surface area (Å²) < 4.78 is 67.8. The van der Waals surface area contributed by atoms with Crippen molar-refractivity contribution in [2.75, 3.05) is 31.6 Å². The molecule has 0 unspecified atom stereocenters. The van der Waals surface area contributed by atoms with Gasteiger partial charge in [0.1, 0.15) is 11.5 Å². The number of thioether (sulfide) groups is 1. The minimum atomic E-state index is -3.50. The van der Waals surface area contributed by atoms with Crippen molar-refractivity contribution in [3.05, 3.63) is 40.8 Å². The summed E-state index contributed by atoms with van der Waals surface area (Å²) in [6.07, 6.45) is -2.21. The first-order chi connectivity index (χ1) is 15.9. The van der Waals surface area contributed by atoms with Crippen molar-refractivity contribution in [1.82, 2.24) is 19.9 Å². The molecule has 1 aromatic carbocycles. The van der Waals surface area contributed by atoms with E-state index in [4.69, 9.17) is 0 Å². The Balaban J connectivity index is 1.55. The van der Waals surface area contributed by atoms with E-state index < -0.39 is 39.3 Å². The fourth-order valence-corrected chi connectivity index (χ4v) is 4.75. The van der Waals surface area contributed by atoms with Crippen LogP contribution in [0.3, 0.4) is 0 Å². The maximum atomic E-state index is 13.5. The van der Waals surface area contributed by atoms with Crippen molar-refractivity contribution >= 4 is 33.4 Å². The summed E-state index contributed by atoms with van der Waals surface area (Å²) in [6.45, 7) is -0.609. The van der Waals surface area contributed by atoms with E-state index in [9.17, 15) is 36.7 Å². The van der Waals surface area contributed by atoms with Crippen LogP contribution in [0.15, 0.2) is 33.0 Å². The number of β-amino-alcohol motifs (C(OH)–C–C–N with tert-alkyl or cyclic N) is 1. The first kappa shape index (κ1) is 25.9. The summed E-state index contributed by atoms with van der Waals surface area (Å²) in [5.74, 6) is -1.56. The van der Waals surface area contributed by atoms with Gasteiger partial charge in [-0.3, -0.25) is 4.79 Å². The second kappa shape index (κ2) is 10.3. The van der Waals surface area contributed by atoms with Gasteiger partial charge in [0.25, 0.3) is 12.3 Å². The lowest BCUT2D eigenvalue weighted by atomic mass is 9.96. The predicted molar refractivity (Wildman–Crippen MR) is 113 cm³/mol. The van der Waals surface area contributed by atoms with Gasteiger partial charge in [0, 0.05) is 18.7 Å². The second-order valence-corrected chi connectivity index (χ2v) is 10.5. The van der Waals surface area contributed by atoms with Gasteiger partial charge in [-0.1, -0.05) is 23.0 Å². The van der Waals surface area contributed by atoms with E-state index in [1.54, 1.807) is 0 Å². The number of sulfonamides is 1. The smallest absolute Gasteiger partial charge is 0.266 e. The molecule has 3 N–H and O–H groups in total. The van der Waals surface area contributed by atoms with Crippen molar-refractivity contribution in [3.63, 3.8) is 0 Å². The van der Waals surface area contributed by atoms with Crippen LogP contribution in [0.2, 0.25) is 0 Å². The van der Waals surface area contributed by atoms with Gasteiger partial charge in [-0.05, 0) is 28.0 Å². The number of aromatic nitrogens is 2. The highest BCUT2D eigenvalue weighted by Gasteiger charge is 2.50. The number of aliphatic hydroxyl groups is 1. The van der Waals surface area contributed by atoms with Crippen molar-refractivity contribution in [3.8, 4) is 0 Å². The van der Waals surface area contributed by atoms with E-state index in [2.05, 4.69) is 25.4 Å². The van der Waals surface area contributed by atoms with E-state index in [0.717, 1.165) is 34.5 Å². The molecule has 1 aromatic heterocycles. The summed E-state index contributed by atoms with van der Waals surface area (Å²) in [7, 11) is -3.50. The molecule has 1 saturated heterocycles. The van der Waals surface area contributed by atoms with Gasteiger partial charge in [0.05, 0.1) is 24.9 Å². The number of amides is 1. The number of nitrogens with zero attached hydrogens (tertiary/aromatic N) is 4. The molecule has 3 rings (SSSR count). The highest BCUT2D eigenvalue weighted by atomic mass is 32.2. The van der Waals surface area contributed by atoms with Gasteiger partial charge >= 0.3 is 0 Å². The molecule has 1 amide bonds. The van der Waals surface area contributed by atoms with Crippen molar-refractivity contribution in [1.29, 1.82) is 0 Å². The SMILES string of the molecule is CS(=O)(=O)N1CC(O)(C(=O)NCCSc2nonc2C(Cc2ccc(F)c(C(F)F)c2)=NO)C1. The zero-order chi connectivity index (χ0) is 25.1. The standard InChI is InChI=1S/C18H20F3N5O6S2/c1-34(30,31)26-8-18(28,9-26)17(27)22-4-5-33-16-14(24-32-25-16)13(23-29)7-10-2-3-12(19)11(6-10)15(20)21/h2-3,6,15,28-29H,4-5,7-9H2,1H3,(H,22,27).